The van der Waals surface area contributed by atoms with Gasteiger partial charge in [-0.05, 0) is 44.1 Å². The zero-order chi connectivity index (χ0) is 13.8. The van der Waals surface area contributed by atoms with Gasteiger partial charge in [0.25, 0.3) is 0 Å². The van der Waals surface area contributed by atoms with Crippen LogP contribution >= 0.6 is 0 Å². The first-order chi connectivity index (χ1) is 8.31. The zero-order valence-electron chi connectivity index (χ0n) is 11.3. The van der Waals surface area contributed by atoms with Crippen LogP contribution in [0.4, 0.5) is 0 Å². The number of hydrogen-bond donors (Lipinski definition) is 3. The molecule has 0 spiro atoms. The van der Waals surface area contributed by atoms with Crippen LogP contribution in [0.5, 0.6) is 0 Å². The normalized spacial score (nSPS) is 17.9. The van der Waals surface area contributed by atoms with Crippen LogP contribution in [0.15, 0.2) is 0 Å². The second kappa shape index (κ2) is 5.69. The van der Waals surface area contributed by atoms with Crippen molar-refractivity contribution in [3.8, 4) is 0 Å². The molecule has 0 radical (unpaired) electrons. The molecule has 0 heterocycles. The molecule has 0 unspecified atom stereocenters. The molecule has 0 aromatic carbocycles. The van der Waals surface area contributed by atoms with Crippen molar-refractivity contribution in [1.82, 2.24) is 5.32 Å². The number of amides is 1. The molecule has 0 aromatic rings. The molecule has 0 aromatic heterocycles. The monoisotopic (exact) mass is 256 g/mol. The van der Waals surface area contributed by atoms with Crippen LogP contribution in [0, 0.1) is 5.41 Å². The summed E-state index contributed by atoms with van der Waals surface area (Å²) >= 11 is 0. The van der Waals surface area contributed by atoms with Gasteiger partial charge in [0.2, 0.25) is 5.91 Å². The van der Waals surface area contributed by atoms with E-state index >= 15 is 0 Å². The van der Waals surface area contributed by atoms with E-state index < -0.39 is 11.5 Å². The number of carbonyl (C=O) groups excluding carboxylic acids is 1. The third-order valence-electron chi connectivity index (χ3n) is 3.85. The average Bonchev–Trinajstić information content (AvgIpc) is 2.20. The van der Waals surface area contributed by atoms with Crippen molar-refractivity contribution in [3.05, 3.63) is 0 Å². The summed E-state index contributed by atoms with van der Waals surface area (Å²) in [5.74, 6) is -1.08. The summed E-state index contributed by atoms with van der Waals surface area (Å²) in [5, 5.41) is 11.8. The van der Waals surface area contributed by atoms with Crippen molar-refractivity contribution >= 4 is 11.9 Å². The molecule has 104 valence electrons. The van der Waals surface area contributed by atoms with Crippen molar-refractivity contribution in [3.63, 3.8) is 0 Å². The highest BCUT2D eigenvalue weighted by molar-refractivity contribution is 5.87. The van der Waals surface area contributed by atoms with Gasteiger partial charge in [0, 0.05) is 6.42 Å². The lowest BCUT2D eigenvalue weighted by Crippen LogP contribution is -2.59. The Kier molecular flexibility index (Phi) is 4.73. The van der Waals surface area contributed by atoms with Crippen molar-refractivity contribution in [2.45, 2.75) is 57.9 Å². The molecular formula is C13H24N2O3. The van der Waals surface area contributed by atoms with Crippen LogP contribution in [0.3, 0.4) is 0 Å². The summed E-state index contributed by atoms with van der Waals surface area (Å²) in [6.45, 7) is 4.75. The highest BCUT2D eigenvalue weighted by Crippen LogP contribution is 2.32. The van der Waals surface area contributed by atoms with Gasteiger partial charge in [-0.25, -0.2) is 4.79 Å². The van der Waals surface area contributed by atoms with Gasteiger partial charge >= 0.3 is 5.97 Å². The third kappa shape index (κ3) is 3.70. The van der Waals surface area contributed by atoms with E-state index in [1.807, 2.05) is 0 Å². The number of nitrogens with two attached hydrogens (primary N) is 1. The Morgan fingerprint density at radius 1 is 1.33 bits per heavy atom. The van der Waals surface area contributed by atoms with Gasteiger partial charge in [0.05, 0.1) is 0 Å². The number of carboxylic acids is 1. The van der Waals surface area contributed by atoms with Gasteiger partial charge in [-0.15, -0.1) is 0 Å². The predicted molar refractivity (Wildman–Crippen MR) is 69.0 cm³/mol. The van der Waals surface area contributed by atoms with E-state index in [0.717, 1.165) is 19.3 Å². The third-order valence-corrected chi connectivity index (χ3v) is 3.85. The first-order valence-electron chi connectivity index (χ1n) is 6.56. The number of nitrogens with one attached hydrogen (secondary N) is 1. The Morgan fingerprint density at radius 2 is 1.94 bits per heavy atom. The Balaban J connectivity index is 2.40. The molecule has 1 amide bonds. The lowest BCUT2D eigenvalue weighted by Gasteiger charge is -2.38. The van der Waals surface area contributed by atoms with Crippen LogP contribution < -0.4 is 11.1 Å². The summed E-state index contributed by atoms with van der Waals surface area (Å²) in [4.78, 5) is 22.9. The van der Waals surface area contributed by atoms with E-state index in [1.54, 1.807) is 0 Å². The van der Waals surface area contributed by atoms with E-state index in [2.05, 4.69) is 19.2 Å². The van der Waals surface area contributed by atoms with Crippen LogP contribution in [-0.4, -0.2) is 29.1 Å². The zero-order valence-corrected chi connectivity index (χ0v) is 11.3. The van der Waals surface area contributed by atoms with E-state index in [1.165, 1.54) is 0 Å². The Bertz CT molecular complexity index is 322. The average molecular weight is 256 g/mol. The van der Waals surface area contributed by atoms with Crippen molar-refractivity contribution in [2.75, 3.05) is 6.54 Å². The van der Waals surface area contributed by atoms with Gasteiger partial charge in [-0.1, -0.05) is 13.8 Å². The Morgan fingerprint density at radius 3 is 2.33 bits per heavy atom. The minimum absolute atomic E-state index is 0.0299. The first kappa shape index (κ1) is 15.0. The number of aliphatic carboxylic acids is 1. The van der Waals surface area contributed by atoms with Crippen LogP contribution in [0.1, 0.15) is 52.4 Å². The molecule has 18 heavy (non-hydrogen) atoms. The van der Waals surface area contributed by atoms with Crippen molar-refractivity contribution in [2.24, 2.45) is 11.1 Å². The van der Waals surface area contributed by atoms with Crippen molar-refractivity contribution in [1.29, 1.82) is 0 Å². The van der Waals surface area contributed by atoms with E-state index in [0.29, 0.717) is 25.8 Å². The van der Waals surface area contributed by atoms with Gasteiger partial charge in [0.1, 0.15) is 5.54 Å². The molecule has 0 atom stereocenters. The number of hydrogen-bond acceptors (Lipinski definition) is 3. The molecule has 1 fully saturated rings. The molecule has 4 N–H and O–H groups in total. The fourth-order valence-corrected chi connectivity index (χ4v) is 2.22. The number of carboxylic acid groups (broad SMARTS) is 1. The maximum atomic E-state index is 11.8. The topological polar surface area (TPSA) is 92.4 Å². The van der Waals surface area contributed by atoms with Gasteiger partial charge < -0.3 is 16.2 Å². The Hall–Kier alpha value is -1.10. The fraction of sp³-hybridized carbons (Fsp3) is 0.846. The van der Waals surface area contributed by atoms with Crippen LogP contribution in [0.25, 0.3) is 0 Å². The minimum atomic E-state index is -0.991. The second-order valence-electron chi connectivity index (χ2n) is 5.99. The van der Waals surface area contributed by atoms with E-state index in [9.17, 15) is 9.59 Å². The van der Waals surface area contributed by atoms with Crippen LogP contribution in [-0.2, 0) is 9.59 Å². The predicted octanol–water partition coefficient (Wildman–Crippen LogP) is 1.27. The van der Waals surface area contributed by atoms with E-state index in [-0.39, 0.29) is 11.3 Å². The Labute approximate surface area is 108 Å². The molecule has 0 saturated heterocycles. The number of rotatable bonds is 7. The summed E-state index contributed by atoms with van der Waals surface area (Å²) in [5.41, 5.74) is 4.55. The molecule has 1 aliphatic carbocycles. The van der Waals surface area contributed by atoms with Crippen LogP contribution in [0.2, 0.25) is 0 Å². The highest BCUT2D eigenvalue weighted by atomic mass is 16.4. The fourth-order valence-electron chi connectivity index (χ4n) is 2.22. The maximum Gasteiger partial charge on any atom is 0.329 e. The molecule has 0 bridgehead atoms. The smallest absolute Gasteiger partial charge is 0.329 e. The standard InChI is InChI=1S/C13H24N2O3/c1-12(2,8-9-14)7-4-10(16)15-13(11(17)18)5-3-6-13/h3-9,14H2,1-2H3,(H,15,16)(H,17,18). The number of carbonyl (C=O) groups is 2. The van der Waals surface area contributed by atoms with Gasteiger partial charge in [-0.3, -0.25) is 4.79 Å². The summed E-state index contributed by atoms with van der Waals surface area (Å²) in [6, 6.07) is 0. The second-order valence-corrected chi connectivity index (χ2v) is 5.99. The quantitative estimate of drug-likeness (QED) is 0.639. The largest absolute Gasteiger partial charge is 0.480 e. The molecule has 5 heteroatoms. The molecule has 5 nitrogen and oxygen atoms in total. The van der Waals surface area contributed by atoms with Gasteiger partial charge in [0.15, 0.2) is 0 Å². The van der Waals surface area contributed by atoms with Gasteiger partial charge in [-0.2, -0.15) is 0 Å². The SMILES string of the molecule is CC(C)(CCN)CCC(=O)NC1(C(=O)O)CCC1. The van der Waals surface area contributed by atoms with E-state index in [4.69, 9.17) is 10.8 Å². The molecule has 1 aliphatic rings. The molecule has 0 aliphatic heterocycles. The summed E-state index contributed by atoms with van der Waals surface area (Å²) in [7, 11) is 0. The molecular weight excluding hydrogens is 232 g/mol. The highest BCUT2D eigenvalue weighted by Gasteiger charge is 2.45. The summed E-state index contributed by atoms with van der Waals surface area (Å²) in [6.07, 6.45) is 3.91. The lowest BCUT2D eigenvalue weighted by molar-refractivity contribution is -0.151. The minimum Gasteiger partial charge on any atom is -0.480 e. The molecule has 1 saturated carbocycles. The van der Waals surface area contributed by atoms with Crippen molar-refractivity contribution < 1.29 is 14.7 Å². The lowest BCUT2D eigenvalue weighted by atomic mass is 9.76. The maximum absolute atomic E-state index is 11.8. The first-order valence-corrected chi connectivity index (χ1v) is 6.56. The molecule has 1 rings (SSSR count). The summed E-state index contributed by atoms with van der Waals surface area (Å²) < 4.78 is 0.